The van der Waals surface area contributed by atoms with Gasteiger partial charge in [-0.05, 0) is 50.5 Å². The first-order chi connectivity index (χ1) is 15.0. The van der Waals surface area contributed by atoms with Crippen LogP contribution >= 0.6 is 11.3 Å². The number of hydrogen-bond donors (Lipinski definition) is 0. The van der Waals surface area contributed by atoms with E-state index in [1.807, 2.05) is 53.4 Å². The van der Waals surface area contributed by atoms with Gasteiger partial charge in [0.1, 0.15) is 10.8 Å². The number of ether oxygens (including phenoxy) is 1. The normalized spacial score (nSPS) is 14.5. The van der Waals surface area contributed by atoms with Gasteiger partial charge in [0.15, 0.2) is 0 Å². The fraction of sp³-hybridized carbons (Fsp3) is 0.542. The van der Waals surface area contributed by atoms with Crippen LogP contribution in [0.15, 0.2) is 29.6 Å². The Labute approximate surface area is 189 Å². The summed E-state index contributed by atoms with van der Waals surface area (Å²) in [5, 5.41) is 2.87. The first-order valence-electron chi connectivity index (χ1n) is 11.2. The lowest BCUT2D eigenvalue weighted by Gasteiger charge is -2.33. The van der Waals surface area contributed by atoms with Crippen LogP contribution in [0.5, 0.6) is 5.75 Å². The lowest BCUT2D eigenvalue weighted by molar-refractivity contribution is -0.139. The van der Waals surface area contributed by atoms with Crippen LogP contribution in [0.2, 0.25) is 0 Å². The Balaban J connectivity index is 1.50. The first kappa shape index (κ1) is 23.3. The summed E-state index contributed by atoms with van der Waals surface area (Å²) >= 11 is 1.55. The second kappa shape index (κ2) is 11.3. The van der Waals surface area contributed by atoms with Crippen molar-refractivity contribution in [1.82, 2.24) is 14.8 Å². The van der Waals surface area contributed by atoms with Crippen molar-refractivity contribution in [2.75, 3.05) is 33.3 Å². The lowest BCUT2D eigenvalue weighted by Crippen LogP contribution is -2.44. The fourth-order valence-corrected chi connectivity index (χ4v) is 4.67. The molecule has 0 unspecified atom stereocenters. The summed E-state index contributed by atoms with van der Waals surface area (Å²) in [6, 6.07) is 7.87. The van der Waals surface area contributed by atoms with Crippen LogP contribution in [0.4, 0.5) is 0 Å². The van der Waals surface area contributed by atoms with Crippen LogP contribution in [0.1, 0.15) is 45.2 Å². The van der Waals surface area contributed by atoms with E-state index in [-0.39, 0.29) is 17.7 Å². The van der Waals surface area contributed by atoms with E-state index in [9.17, 15) is 9.59 Å². The van der Waals surface area contributed by atoms with Crippen molar-refractivity contribution in [3.8, 4) is 16.3 Å². The monoisotopic (exact) mass is 443 g/mol. The van der Waals surface area contributed by atoms with E-state index in [1.165, 1.54) is 0 Å². The Bertz CT molecular complexity index is 857. The van der Waals surface area contributed by atoms with Crippen LogP contribution in [0, 0.1) is 5.92 Å². The molecule has 2 heterocycles. The zero-order valence-electron chi connectivity index (χ0n) is 18.8. The van der Waals surface area contributed by atoms with Gasteiger partial charge in [-0.2, -0.15) is 0 Å². The summed E-state index contributed by atoms with van der Waals surface area (Å²) in [6.45, 7) is 6.84. The quantitative estimate of drug-likeness (QED) is 0.581. The van der Waals surface area contributed by atoms with E-state index in [1.54, 1.807) is 11.3 Å². The van der Waals surface area contributed by atoms with Gasteiger partial charge >= 0.3 is 0 Å². The number of likely N-dealkylation sites (tertiary alicyclic amines) is 1. The molecule has 0 atom stereocenters. The van der Waals surface area contributed by atoms with Crippen LogP contribution in [-0.4, -0.2) is 59.9 Å². The SMILES string of the molecule is CCCCN(C)C(=O)C1CCN(C(=O)Cc2csc(-c3ccc(OCC)cc3)n2)CC1. The first-order valence-corrected chi connectivity index (χ1v) is 12.1. The molecular weight excluding hydrogens is 410 g/mol. The molecule has 0 spiro atoms. The topological polar surface area (TPSA) is 62.7 Å². The molecule has 7 heteroatoms. The molecule has 1 aliphatic rings. The largest absolute Gasteiger partial charge is 0.494 e. The van der Waals surface area contributed by atoms with Gasteiger partial charge in [0.05, 0.1) is 18.7 Å². The Morgan fingerprint density at radius 3 is 2.55 bits per heavy atom. The van der Waals surface area contributed by atoms with Crippen LogP contribution < -0.4 is 4.74 Å². The van der Waals surface area contributed by atoms with Crippen molar-refractivity contribution in [1.29, 1.82) is 0 Å². The maximum absolute atomic E-state index is 12.8. The minimum Gasteiger partial charge on any atom is -0.494 e. The van der Waals surface area contributed by atoms with Gasteiger partial charge in [-0.25, -0.2) is 4.98 Å². The number of aromatic nitrogens is 1. The number of benzene rings is 1. The maximum Gasteiger partial charge on any atom is 0.228 e. The van der Waals surface area contributed by atoms with E-state index in [0.29, 0.717) is 26.1 Å². The average molecular weight is 444 g/mol. The summed E-state index contributed by atoms with van der Waals surface area (Å²) in [5.41, 5.74) is 1.83. The molecule has 0 bridgehead atoms. The summed E-state index contributed by atoms with van der Waals surface area (Å²) in [7, 11) is 1.89. The van der Waals surface area contributed by atoms with E-state index in [4.69, 9.17) is 4.74 Å². The third-order valence-corrected chi connectivity index (χ3v) is 6.66. The van der Waals surface area contributed by atoms with Crippen LogP contribution in [0.25, 0.3) is 10.6 Å². The molecule has 168 valence electrons. The third kappa shape index (κ3) is 6.29. The molecule has 0 N–H and O–H groups in total. The molecule has 31 heavy (non-hydrogen) atoms. The Morgan fingerprint density at radius 1 is 1.19 bits per heavy atom. The van der Waals surface area contributed by atoms with Crippen molar-refractivity contribution >= 4 is 23.2 Å². The zero-order valence-corrected chi connectivity index (χ0v) is 19.6. The number of piperidine rings is 1. The zero-order chi connectivity index (χ0) is 22.2. The highest BCUT2D eigenvalue weighted by Crippen LogP contribution is 2.26. The van der Waals surface area contributed by atoms with Gasteiger partial charge in [0, 0.05) is 43.5 Å². The summed E-state index contributed by atoms with van der Waals surface area (Å²) in [6.07, 6.45) is 3.92. The van der Waals surface area contributed by atoms with Crippen molar-refractivity contribution < 1.29 is 14.3 Å². The fourth-order valence-electron chi connectivity index (χ4n) is 3.84. The summed E-state index contributed by atoms with van der Waals surface area (Å²) in [4.78, 5) is 33.7. The van der Waals surface area contributed by atoms with Gasteiger partial charge < -0.3 is 14.5 Å². The Hall–Kier alpha value is -2.41. The average Bonchev–Trinajstić information content (AvgIpc) is 3.26. The van der Waals surface area contributed by atoms with Gasteiger partial charge in [0.25, 0.3) is 0 Å². The molecule has 1 fully saturated rings. The number of nitrogens with zero attached hydrogens (tertiary/aromatic N) is 3. The smallest absolute Gasteiger partial charge is 0.228 e. The minimum absolute atomic E-state index is 0.0384. The molecule has 1 saturated heterocycles. The molecule has 1 aliphatic heterocycles. The third-order valence-electron chi connectivity index (χ3n) is 5.72. The van der Waals surface area contributed by atoms with Crippen LogP contribution in [-0.2, 0) is 16.0 Å². The van der Waals surface area contributed by atoms with Crippen molar-refractivity contribution in [3.63, 3.8) is 0 Å². The van der Waals surface area contributed by atoms with E-state index in [2.05, 4.69) is 11.9 Å². The predicted molar refractivity (Wildman–Crippen MR) is 124 cm³/mol. The van der Waals surface area contributed by atoms with Crippen LogP contribution in [0.3, 0.4) is 0 Å². The maximum atomic E-state index is 12.8. The Morgan fingerprint density at radius 2 is 1.90 bits per heavy atom. The molecular formula is C24H33N3O3S. The lowest BCUT2D eigenvalue weighted by atomic mass is 9.95. The number of unbranched alkanes of at least 4 members (excludes halogenated alkanes) is 1. The molecule has 0 aliphatic carbocycles. The highest BCUT2D eigenvalue weighted by atomic mass is 32.1. The van der Waals surface area contributed by atoms with Gasteiger partial charge in [-0.3, -0.25) is 9.59 Å². The number of rotatable bonds is 9. The number of hydrogen-bond acceptors (Lipinski definition) is 5. The van der Waals surface area contributed by atoms with E-state index < -0.39 is 0 Å². The molecule has 3 rings (SSSR count). The van der Waals surface area contributed by atoms with E-state index >= 15 is 0 Å². The summed E-state index contributed by atoms with van der Waals surface area (Å²) in [5.74, 6) is 1.20. The molecule has 2 aromatic rings. The number of amides is 2. The molecule has 6 nitrogen and oxygen atoms in total. The van der Waals surface area contributed by atoms with Gasteiger partial charge in [0.2, 0.25) is 11.8 Å². The van der Waals surface area contributed by atoms with E-state index in [0.717, 1.165) is 54.2 Å². The molecule has 1 aromatic carbocycles. The standard InChI is InChI=1S/C24H33N3O3S/c1-4-6-13-26(3)24(29)19-11-14-27(15-12-19)22(28)16-20-17-31-23(25-20)18-7-9-21(10-8-18)30-5-2/h7-10,17,19H,4-6,11-16H2,1-3H3. The van der Waals surface area contributed by atoms with Gasteiger partial charge in [-0.1, -0.05) is 13.3 Å². The van der Waals surface area contributed by atoms with Crippen molar-refractivity contribution in [2.24, 2.45) is 5.92 Å². The van der Waals surface area contributed by atoms with Crippen molar-refractivity contribution in [2.45, 2.75) is 46.0 Å². The second-order valence-electron chi connectivity index (χ2n) is 8.05. The summed E-state index contributed by atoms with van der Waals surface area (Å²) < 4.78 is 5.48. The number of carbonyl (C=O) groups excluding carboxylic acids is 2. The van der Waals surface area contributed by atoms with Gasteiger partial charge in [-0.15, -0.1) is 11.3 Å². The number of carbonyl (C=O) groups is 2. The predicted octanol–water partition coefficient (Wildman–Crippen LogP) is 4.25. The Kier molecular flexibility index (Phi) is 8.46. The number of thiazole rings is 1. The molecule has 0 saturated carbocycles. The molecule has 1 aromatic heterocycles. The van der Waals surface area contributed by atoms with Crippen molar-refractivity contribution in [3.05, 3.63) is 35.3 Å². The highest BCUT2D eigenvalue weighted by Gasteiger charge is 2.29. The highest BCUT2D eigenvalue weighted by molar-refractivity contribution is 7.13. The molecule has 2 amide bonds. The second-order valence-corrected chi connectivity index (χ2v) is 8.90. The molecule has 0 radical (unpaired) electrons. The minimum atomic E-state index is 0.0384.